The number of amides is 2. The number of nitrogens with zero attached hydrogens (tertiary/aromatic N) is 4. The number of carbonyl (C=O) groups excluding carboxylic acids is 1. The van der Waals surface area contributed by atoms with Crippen LogP contribution in [0.5, 0.6) is 11.6 Å². The molecule has 0 atom stereocenters. The molecule has 8 nitrogen and oxygen atoms in total. The largest absolute Gasteiger partial charge is 0.438 e. The van der Waals surface area contributed by atoms with Gasteiger partial charge in [-0.2, -0.15) is 18.3 Å². The summed E-state index contributed by atoms with van der Waals surface area (Å²) in [5, 5.41) is 17.0. The van der Waals surface area contributed by atoms with E-state index in [-0.39, 0.29) is 11.6 Å². The number of carbonyl (C=O) groups is 1. The lowest BCUT2D eigenvalue weighted by atomic mass is 10.2. The number of anilines is 2. The van der Waals surface area contributed by atoms with Gasteiger partial charge in [0.15, 0.2) is 5.82 Å². The lowest BCUT2D eigenvalue weighted by Crippen LogP contribution is -2.19. The van der Waals surface area contributed by atoms with Crippen molar-refractivity contribution in [2.75, 3.05) is 10.6 Å². The van der Waals surface area contributed by atoms with E-state index in [9.17, 15) is 18.0 Å². The fraction of sp³-hybridized carbons (Fsp3) is 0.0476. The van der Waals surface area contributed by atoms with Gasteiger partial charge in [0.1, 0.15) is 5.75 Å². The Morgan fingerprint density at radius 2 is 1.69 bits per heavy atom. The average molecular weight is 440 g/mol. The van der Waals surface area contributed by atoms with Crippen molar-refractivity contribution >= 4 is 17.4 Å². The highest BCUT2D eigenvalue weighted by Crippen LogP contribution is 2.30. The first-order chi connectivity index (χ1) is 15.4. The summed E-state index contributed by atoms with van der Waals surface area (Å²) >= 11 is 0. The van der Waals surface area contributed by atoms with E-state index in [2.05, 4.69) is 25.9 Å². The zero-order valence-electron chi connectivity index (χ0n) is 16.2. The van der Waals surface area contributed by atoms with E-state index in [0.717, 1.165) is 12.1 Å². The molecule has 2 heterocycles. The molecule has 0 radical (unpaired) electrons. The van der Waals surface area contributed by atoms with Crippen molar-refractivity contribution < 1.29 is 22.7 Å². The van der Waals surface area contributed by atoms with Crippen LogP contribution in [-0.2, 0) is 6.18 Å². The van der Waals surface area contributed by atoms with Crippen LogP contribution in [0.4, 0.5) is 29.3 Å². The third kappa shape index (κ3) is 5.19. The first kappa shape index (κ1) is 20.8. The molecular weight excluding hydrogens is 425 g/mol. The van der Waals surface area contributed by atoms with Crippen LogP contribution in [0.2, 0.25) is 0 Å². The molecule has 0 aliphatic heterocycles. The molecule has 4 rings (SSSR count). The van der Waals surface area contributed by atoms with E-state index in [1.54, 1.807) is 59.5 Å². The number of halogens is 3. The van der Waals surface area contributed by atoms with Crippen molar-refractivity contribution in [1.29, 1.82) is 0 Å². The van der Waals surface area contributed by atoms with E-state index in [4.69, 9.17) is 4.74 Å². The number of ether oxygens (including phenoxy) is 1. The molecule has 11 heteroatoms. The molecule has 32 heavy (non-hydrogen) atoms. The van der Waals surface area contributed by atoms with Crippen LogP contribution < -0.4 is 15.4 Å². The van der Waals surface area contributed by atoms with E-state index in [1.807, 2.05) is 0 Å². The van der Waals surface area contributed by atoms with E-state index in [1.165, 1.54) is 12.1 Å². The maximum absolute atomic E-state index is 12.8. The number of nitrogens with one attached hydrogen (secondary N) is 2. The number of alkyl halides is 3. The smallest absolute Gasteiger partial charge is 0.416 e. The molecule has 2 aromatic carbocycles. The summed E-state index contributed by atoms with van der Waals surface area (Å²) in [5.74, 6) is 1.26. The Balaban J connectivity index is 1.34. The van der Waals surface area contributed by atoms with E-state index in [0.29, 0.717) is 17.3 Å². The van der Waals surface area contributed by atoms with Crippen molar-refractivity contribution in [3.05, 3.63) is 84.7 Å². The van der Waals surface area contributed by atoms with Crippen LogP contribution in [0.25, 0.3) is 5.82 Å². The molecular formula is C21H15F3N6O2. The van der Waals surface area contributed by atoms with Crippen molar-refractivity contribution in [1.82, 2.24) is 20.0 Å². The molecule has 0 unspecified atom stereocenters. The molecule has 2 amide bonds. The summed E-state index contributed by atoms with van der Waals surface area (Å²) in [6.45, 7) is 0. The summed E-state index contributed by atoms with van der Waals surface area (Å²) in [5.41, 5.74) is -0.408. The summed E-state index contributed by atoms with van der Waals surface area (Å²) in [4.78, 5) is 12.1. The van der Waals surface area contributed by atoms with Gasteiger partial charge >= 0.3 is 12.2 Å². The fourth-order valence-electron chi connectivity index (χ4n) is 2.69. The van der Waals surface area contributed by atoms with Crippen LogP contribution in [0.3, 0.4) is 0 Å². The van der Waals surface area contributed by atoms with Crippen LogP contribution in [0.1, 0.15) is 5.56 Å². The minimum absolute atomic E-state index is 0.0226. The number of hydrogen-bond acceptors (Lipinski definition) is 5. The maximum atomic E-state index is 12.8. The number of rotatable bonds is 5. The van der Waals surface area contributed by atoms with Gasteiger partial charge in [-0.15, -0.1) is 10.2 Å². The molecule has 0 spiro atoms. The number of aromatic nitrogens is 4. The summed E-state index contributed by atoms with van der Waals surface area (Å²) in [6, 6.07) is 15.1. The van der Waals surface area contributed by atoms with Gasteiger partial charge in [-0.05, 0) is 54.6 Å². The van der Waals surface area contributed by atoms with Crippen molar-refractivity contribution in [3.8, 4) is 17.4 Å². The summed E-state index contributed by atoms with van der Waals surface area (Å²) in [7, 11) is 0. The van der Waals surface area contributed by atoms with Gasteiger partial charge in [0.2, 0.25) is 5.88 Å². The zero-order chi connectivity index (χ0) is 22.6. The number of urea groups is 1. The Morgan fingerprint density at radius 1 is 0.906 bits per heavy atom. The summed E-state index contributed by atoms with van der Waals surface area (Å²) in [6.07, 6.45) is -1.13. The van der Waals surface area contributed by atoms with Crippen molar-refractivity contribution in [2.24, 2.45) is 0 Å². The van der Waals surface area contributed by atoms with Gasteiger partial charge in [-0.1, -0.05) is 6.07 Å². The lowest BCUT2D eigenvalue weighted by molar-refractivity contribution is -0.137. The Morgan fingerprint density at radius 3 is 2.34 bits per heavy atom. The molecule has 0 aliphatic rings. The monoisotopic (exact) mass is 440 g/mol. The minimum atomic E-state index is -4.49. The second kappa shape index (κ2) is 8.76. The van der Waals surface area contributed by atoms with Crippen LogP contribution in [0.15, 0.2) is 79.1 Å². The third-order valence-electron chi connectivity index (χ3n) is 4.15. The average Bonchev–Trinajstić information content (AvgIpc) is 3.30. The van der Waals surface area contributed by atoms with Gasteiger partial charge in [0.05, 0.1) is 5.56 Å². The highest BCUT2D eigenvalue weighted by Gasteiger charge is 2.30. The molecule has 0 fully saturated rings. The lowest BCUT2D eigenvalue weighted by Gasteiger charge is -2.11. The molecule has 162 valence electrons. The van der Waals surface area contributed by atoms with Crippen LogP contribution in [-0.4, -0.2) is 26.0 Å². The van der Waals surface area contributed by atoms with Crippen molar-refractivity contribution in [3.63, 3.8) is 0 Å². The molecule has 2 aromatic heterocycles. The van der Waals surface area contributed by atoms with Gasteiger partial charge in [0, 0.05) is 29.8 Å². The minimum Gasteiger partial charge on any atom is -0.438 e. The molecule has 0 saturated heterocycles. The third-order valence-corrected chi connectivity index (χ3v) is 4.15. The number of hydrogen-bond donors (Lipinski definition) is 2. The Labute approximate surface area is 179 Å². The topological polar surface area (TPSA) is 94.0 Å². The second-order valence-electron chi connectivity index (χ2n) is 6.46. The van der Waals surface area contributed by atoms with Crippen LogP contribution in [0, 0.1) is 0 Å². The quantitative estimate of drug-likeness (QED) is 0.449. The zero-order valence-corrected chi connectivity index (χ0v) is 16.2. The van der Waals surface area contributed by atoms with Crippen LogP contribution >= 0.6 is 0 Å². The molecule has 0 saturated carbocycles. The normalized spacial score (nSPS) is 11.1. The van der Waals surface area contributed by atoms with E-state index < -0.39 is 17.8 Å². The Kier molecular flexibility index (Phi) is 5.71. The summed E-state index contributed by atoms with van der Waals surface area (Å²) < 4.78 is 45.5. The van der Waals surface area contributed by atoms with Gasteiger partial charge in [-0.25, -0.2) is 9.48 Å². The standard InChI is InChI=1S/C21H15F3N6O2/c22-21(23,24)14-3-1-4-16(13-14)27-20(31)26-15-5-7-17(8-6-15)32-19-10-9-18(28-29-19)30-12-2-11-25-30/h1-13H,(H2,26,27,31). The molecule has 0 bridgehead atoms. The first-order valence-electron chi connectivity index (χ1n) is 9.24. The first-order valence-corrected chi connectivity index (χ1v) is 9.24. The molecule has 2 N–H and O–H groups in total. The Hall–Kier alpha value is -4.41. The highest BCUT2D eigenvalue weighted by molar-refractivity contribution is 5.99. The second-order valence-corrected chi connectivity index (χ2v) is 6.46. The fourth-order valence-corrected chi connectivity index (χ4v) is 2.69. The maximum Gasteiger partial charge on any atom is 0.416 e. The predicted octanol–water partition coefficient (Wildman–Crippen LogP) is 5.12. The predicted molar refractivity (Wildman–Crippen MR) is 110 cm³/mol. The van der Waals surface area contributed by atoms with Crippen molar-refractivity contribution in [2.45, 2.75) is 6.18 Å². The SMILES string of the molecule is O=C(Nc1ccc(Oc2ccc(-n3cccn3)nn2)cc1)Nc1cccc(C(F)(F)F)c1. The van der Waals surface area contributed by atoms with Gasteiger partial charge < -0.3 is 15.4 Å². The highest BCUT2D eigenvalue weighted by atomic mass is 19.4. The van der Waals surface area contributed by atoms with Gasteiger partial charge in [-0.3, -0.25) is 0 Å². The molecule has 4 aromatic rings. The number of benzene rings is 2. The Bertz CT molecular complexity index is 1190. The molecule has 0 aliphatic carbocycles. The van der Waals surface area contributed by atoms with Gasteiger partial charge in [0.25, 0.3) is 0 Å². The van der Waals surface area contributed by atoms with E-state index >= 15 is 0 Å².